The standard InChI is InChI=1S/C18H20BrN/c1-20-17(10-13-6-8-16(19)9-7-13)12-15-11-14-4-2-3-5-18(14)15/h2-9,15,17,20H,10-12H2,1H3. The van der Waals surface area contributed by atoms with E-state index in [2.05, 4.69) is 76.8 Å². The van der Waals surface area contributed by atoms with Crippen molar-refractivity contribution in [3.63, 3.8) is 0 Å². The lowest BCUT2D eigenvalue weighted by Crippen LogP contribution is -2.32. The minimum absolute atomic E-state index is 0.550. The van der Waals surface area contributed by atoms with Crippen LogP contribution in [-0.4, -0.2) is 13.1 Å². The molecule has 3 rings (SSSR count). The number of hydrogen-bond donors (Lipinski definition) is 1. The Morgan fingerprint density at radius 3 is 2.60 bits per heavy atom. The fraction of sp³-hybridized carbons (Fsp3) is 0.333. The Kier molecular flexibility index (Phi) is 4.23. The minimum atomic E-state index is 0.550. The van der Waals surface area contributed by atoms with Crippen molar-refractivity contribution in [2.45, 2.75) is 31.2 Å². The van der Waals surface area contributed by atoms with Gasteiger partial charge in [0.2, 0.25) is 0 Å². The third-order valence-electron chi connectivity index (χ3n) is 4.33. The lowest BCUT2D eigenvalue weighted by Gasteiger charge is -2.33. The van der Waals surface area contributed by atoms with E-state index in [9.17, 15) is 0 Å². The van der Waals surface area contributed by atoms with Gasteiger partial charge in [0.1, 0.15) is 0 Å². The van der Waals surface area contributed by atoms with E-state index in [1.165, 1.54) is 24.0 Å². The molecule has 0 bridgehead atoms. The summed E-state index contributed by atoms with van der Waals surface area (Å²) in [6, 6.07) is 18.1. The summed E-state index contributed by atoms with van der Waals surface area (Å²) in [6.07, 6.45) is 3.57. The number of halogens is 1. The quantitative estimate of drug-likeness (QED) is 0.861. The van der Waals surface area contributed by atoms with Gasteiger partial charge >= 0.3 is 0 Å². The molecular formula is C18H20BrN. The molecule has 0 aliphatic heterocycles. The van der Waals surface area contributed by atoms with Gasteiger partial charge < -0.3 is 5.32 Å². The van der Waals surface area contributed by atoms with Gasteiger partial charge in [-0.15, -0.1) is 0 Å². The van der Waals surface area contributed by atoms with E-state index in [4.69, 9.17) is 0 Å². The van der Waals surface area contributed by atoms with Gasteiger partial charge in [-0.05, 0) is 61.1 Å². The molecule has 2 aromatic rings. The molecule has 0 fully saturated rings. The van der Waals surface area contributed by atoms with Crippen molar-refractivity contribution in [1.29, 1.82) is 0 Å². The maximum Gasteiger partial charge on any atom is 0.0175 e. The summed E-state index contributed by atoms with van der Waals surface area (Å²) in [6.45, 7) is 0. The highest BCUT2D eigenvalue weighted by molar-refractivity contribution is 9.10. The lowest BCUT2D eigenvalue weighted by atomic mass is 9.74. The van der Waals surface area contributed by atoms with Gasteiger partial charge in [-0.25, -0.2) is 0 Å². The summed E-state index contributed by atoms with van der Waals surface area (Å²) in [7, 11) is 2.08. The molecule has 2 aromatic carbocycles. The monoisotopic (exact) mass is 329 g/mol. The predicted molar refractivity (Wildman–Crippen MR) is 88.2 cm³/mol. The molecule has 0 amide bonds. The largest absolute Gasteiger partial charge is 0.317 e. The molecule has 1 nitrogen and oxygen atoms in total. The highest BCUT2D eigenvalue weighted by Crippen LogP contribution is 2.38. The van der Waals surface area contributed by atoms with E-state index < -0.39 is 0 Å². The first-order chi connectivity index (χ1) is 9.76. The minimum Gasteiger partial charge on any atom is -0.317 e. The second-order valence-electron chi connectivity index (χ2n) is 5.65. The third-order valence-corrected chi connectivity index (χ3v) is 4.86. The summed E-state index contributed by atoms with van der Waals surface area (Å²) < 4.78 is 1.15. The maximum absolute atomic E-state index is 3.49. The number of likely N-dealkylation sites (N-methyl/N-ethyl adjacent to an activating group) is 1. The number of hydrogen-bond acceptors (Lipinski definition) is 1. The molecule has 0 spiro atoms. The highest BCUT2D eigenvalue weighted by atomic mass is 79.9. The van der Waals surface area contributed by atoms with Crippen molar-refractivity contribution in [2.24, 2.45) is 0 Å². The first-order valence-electron chi connectivity index (χ1n) is 7.26. The number of fused-ring (bicyclic) bond motifs is 1. The van der Waals surface area contributed by atoms with E-state index >= 15 is 0 Å². The Hall–Kier alpha value is -1.12. The lowest BCUT2D eigenvalue weighted by molar-refractivity contribution is 0.438. The zero-order chi connectivity index (χ0) is 13.9. The van der Waals surface area contributed by atoms with Gasteiger partial charge in [0.25, 0.3) is 0 Å². The maximum atomic E-state index is 3.49. The van der Waals surface area contributed by atoms with Gasteiger partial charge in [0.15, 0.2) is 0 Å². The molecule has 0 radical (unpaired) electrons. The molecule has 104 valence electrons. The molecule has 2 unspecified atom stereocenters. The average Bonchev–Trinajstić information content (AvgIpc) is 2.45. The summed E-state index contributed by atoms with van der Waals surface area (Å²) in [4.78, 5) is 0. The topological polar surface area (TPSA) is 12.0 Å². The second-order valence-corrected chi connectivity index (χ2v) is 6.57. The molecule has 20 heavy (non-hydrogen) atoms. The Balaban J connectivity index is 1.62. The van der Waals surface area contributed by atoms with Gasteiger partial charge in [-0.1, -0.05) is 52.3 Å². The number of benzene rings is 2. The van der Waals surface area contributed by atoms with E-state index in [0.29, 0.717) is 6.04 Å². The van der Waals surface area contributed by atoms with Crippen molar-refractivity contribution in [1.82, 2.24) is 5.32 Å². The van der Waals surface area contributed by atoms with Crippen LogP contribution in [0, 0.1) is 0 Å². The molecule has 0 aromatic heterocycles. The van der Waals surface area contributed by atoms with Crippen LogP contribution in [0.4, 0.5) is 0 Å². The van der Waals surface area contributed by atoms with Crippen LogP contribution in [0.5, 0.6) is 0 Å². The van der Waals surface area contributed by atoms with Crippen molar-refractivity contribution in [2.75, 3.05) is 7.05 Å². The van der Waals surface area contributed by atoms with E-state index in [-0.39, 0.29) is 0 Å². The van der Waals surface area contributed by atoms with Crippen LogP contribution >= 0.6 is 15.9 Å². The number of nitrogens with one attached hydrogen (secondary N) is 1. The van der Waals surface area contributed by atoms with Gasteiger partial charge in [0, 0.05) is 10.5 Å². The van der Waals surface area contributed by atoms with Crippen LogP contribution in [0.1, 0.15) is 29.0 Å². The Morgan fingerprint density at radius 2 is 1.90 bits per heavy atom. The van der Waals surface area contributed by atoms with Crippen LogP contribution < -0.4 is 5.32 Å². The summed E-state index contributed by atoms with van der Waals surface area (Å²) in [5.74, 6) is 0.735. The molecule has 1 aliphatic carbocycles. The van der Waals surface area contributed by atoms with E-state index in [1.54, 1.807) is 5.56 Å². The molecule has 0 saturated carbocycles. The van der Waals surface area contributed by atoms with Crippen LogP contribution in [0.25, 0.3) is 0 Å². The Bertz CT molecular complexity index is 576. The highest BCUT2D eigenvalue weighted by Gasteiger charge is 2.27. The molecule has 2 atom stereocenters. The van der Waals surface area contributed by atoms with Crippen LogP contribution in [0.2, 0.25) is 0 Å². The molecule has 2 heteroatoms. The molecule has 0 saturated heterocycles. The van der Waals surface area contributed by atoms with Crippen LogP contribution in [-0.2, 0) is 12.8 Å². The first kappa shape index (κ1) is 13.8. The zero-order valence-corrected chi connectivity index (χ0v) is 13.4. The summed E-state index contributed by atoms with van der Waals surface area (Å²) in [5.41, 5.74) is 4.50. The zero-order valence-electron chi connectivity index (χ0n) is 11.8. The van der Waals surface area contributed by atoms with Crippen molar-refractivity contribution >= 4 is 15.9 Å². The predicted octanol–water partition coefficient (Wildman–Crippen LogP) is 4.31. The van der Waals surface area contributed by atoms with Gasteiger partial charge in [0.05, 0.1) is 0 Å². The summed E-state index contributed by atoms with van der Waals surface area (Å²) in [5, 5.41) is 3.48. The van der Waals surface area contributed by atoms with E-state index in [1.807, 2.05) is 0 Å². The van der Waals surface area contributed by atoms with Crippen LogP contribution in [0.3, 0.4) is 0 Å². The van der Waals surface area contributed by atoms with Crippen molar-refractivity contribution in [3.8, 4) is 0 Å². The number of rotatable bonds is 5. The SMILES string of the molecule is CNC(Cc1ccc(Br)cc1)CC1Cc2ccccc21. The van der Waals surface area contributed by atoms with Gasteiger partial charge in [-0.3, -0.25) is 0 Å². The van der Waals surface area contributed by atoms with Crippen LogP contribution in [0.15, 0.2) is 53.0 Å². The normalized spacial score (nSPS) is 18.2. The Labute approximate surface area is 129 Å². The molecular weight excluding hydrogens is 310 g/mol. The molecule has 1 aliphatic rings. The fourth-order valence-corrected chi connectivity index (χ4v) is 3.39. The summed E-state index contributed by atoms with van der Waals surface area (Å²) >= 11 is 3.49. The Morgan fingerprint density at radius 1 is 1.15 bits per heavy atom. The van der Waals surface area contributed by atoms with Crippen molar-refractivity contribution in [3.05, 3.63) is 69.7 Å². The molecule has 1 N–H and O–H groups in total. The fourth-order valence-electron chi connectivity index (χ4n) is 3.12. The second kappa shape index (κ2) is 6.11. The molecule has 0 heterocycles. The average molecular weight is 330 g/mol. The van der Waals surface area contributed by atoms with Crippen molar-refractivity contribution < 1.29 is 0 Å². The smallest absolute Gasteiger partial charge is 0.0175 e. The third kappa shape index (κ3) is 2.97. The van der Waals surface area contributed by atoms with Gasteiger partial charge in [-0.2, -0.15) is 0 Å². The van der Waals surface area contributed by atoms with E-state index in [0.717, 1.165) is 16.8 Å². The first-order valence-corrected chi connectivity index (χ1v) is 8.05.